The highest BCUT2D eigenvalue weighted by molar-refractivity contribution is 5.92. The van der Waals surface area contributed by atoms with Gasteiger partial charge in [0.1, 0.15) is 12.0 Å². The zero-order chi connectivity index (χ0) is 18.4. The van der Waals surface area contributed by atoms with Gasteiger partial charge < -0.3 is 9.80 Å². The van der Waals surface area contributed by atoms with E-state index in [1.165, 1.54) is 33.5 Å². The highest BCUT2D eigenvalue weighted by atomic mass is 15.4. The molecule has 0 saturated heterocycles. The third-order valence-electron chi connectivity index (χ3n) is 5.59. The molecule has 0 amide bonds. The first-order chi connectivity index (χ1) is 12.5. The SMILES string of the molecule is Cc1c(N2C=CN(C)[C@@H]2C)n(-c2ccccc2C(C)C)c2ccccc12. The van der Waals surface area contributed by atoms with Crippen molar-refractivity contribution in [2.45, 2.75) is 39.8 Å². The molecule has 2 heterocycles. The zero-order valence-electron chi connectivity index (χ0n) is 16.3. The second-order valence-corrected chi connectivity index (χ2v) is 7.52. The van der Waals surface area contributed by atoms with Gasteiger partial charge in [0.05, 0.1) is 11.2 Å². The smallest absolute Gasteiger partial charge is 0.123 e. The molecule has 4 rings (SSSR count). The van der Waals surface area contributed by atoms with Crippen LogP contribution in [0.1, 0.15) is 37.8 Å². The summed E-state index contributed by atoms with van der Waals surface area (Å²) in [6.07, 6.45) is 4.64. The Balaban J connectivity index is 2.06. The molecule has 3 aromatic rings. The lowest BCUT2D eigenvalue weighted by atomic mass is 10.0. The van der Waals surface area contributed by atoms with Crippen molar-refractivity contribution in [3.8, 4) is 5.69 Å². The lowest BCUT2D eigenvalue weighted by Gasteiger charge is -2.29. The van der Waals surface area contributed by atoms with E-state index in [0.29, 0.717) is 12.1 Å². The highest BCUT2D eigenvalue weighted by Crippen LogP contribution is 2.39. The van der Waals surface area contributed by atoms with E-state index in [0.717, 1.165) is 0 Å². The monoisotopic (exact) mass is 345 g/mol. The molecule has 0 saturated carbocycles. The van der Waals surface area contributed by atoms with Crippen molar-refractivity contribution in [2.75, 3.05) is 11.9 Å². The number of benzene rings is 2. The molecule has 1 atom stereocenters. The second-order valence-electron chi connectivity index (χ2n) is 7.52. The third-order valence-corrected chi connectivity index (χ3v) is 5.59. The lowest BCUT2D eigenvalue weighted by Crippen LogP contribution is -2.34. The number of hydrogen-bond donors (Lipinski definition) is 0. The molecule has 0 spiro atoms. The molecule has 0 unspecified atom stereocenters. The van der Waals surface area contributed by atoms with Crippen molar-refractivity contribution in [3.63, 3.8) is 0 Å². The van der Waals surface area contributed by atoms with Gasteiger partial charge in [-0.3, -0.25) is 4.57 Å². The Labute approximate surface area is 156 Å². The Hall–Kier alpha value is -2.68. The Kier molecular flexibility index (Phi) is 4.03. The van der Waals surface area contributed by atoms with Gasteiger partial charge in [-0.2, -0.15) is 0 Å². The van der Waals surface area contributed by atoms with E-state index in [1.807, 2.05) is 0 Å². The van der Waals surface area contributed by atoms with Gasteiger partial charge in [0.25, 0.3) is 0 Å². The molecule has 3 heteroatoms. The predicted molar refractivity (Wildman–Crippen MR) is 111 cm³/mol. The fraction of sp³-hybridized carbons (Fsp3) is 0.304. The standard InChI is InChI=1S/C23H27N3/c1-16(2)19-10-6-8-12-21(19)26-22-13-9-7-11-20(22)17(3)23(26)25-15-14-24(5)18(25)4/h6-16,18H,1-5H3/t18-/m0/s1. The number of hydrogen-bond acceptors (Lipinski definition) is 2. The minimum atomic E-state index is 0.294. The number of fused-ring (bicyclic) bond motifs is 1. The molecule has 0 bridgehead atoms. The van der Waals surface area contributed by atoms with Crippen LogP contribution in [0.3, 0.4) is 0 Å². The minimum absolute atomic E-state index is 0.294. The molecule has 26 heavy (non-hydrogen) atoms. The number of rotatable bonds is 3. The van der Waals surface area contributed by atoms with Crippen molar-refractivity contribution in [2.24, 2.45) is 0 Å². The topological polar surface area (TPSA) is 11.4 Å². The average molecular weight is 345 g/mol. The van der Waals surface area contributed by atoms with E-state index < -0.39 is 0 Å². The molecule has 0 fully saturated rings. The minimum Gasteiger partial charge on any atom is -0.359 e. The van der Waals surface area contributed by atoms with Gasteiger partial charge in [0.2, 0.25) is 0 Å². The van der Waals surface area contributed by atoms with Crippen molar-refractivity contribution in [1.29, 1.82) is 0 Å². The van der Waals surface area contributed by atoms with Crippen LogP contribution in [0, 0.1) is 6.92 Å². The summed E-state index contributed by atoms with van der Waals surface area (Å²) in [5.74, 6) is 1.72. The lowest BCUT2D eigenvalue weighted by molar-refractivity contribution is 0.381. The predicted octanol–water partition coefficient (Wildman–Crippen LogP) is 5.63. The van der Waals surface area contributed by atoms with Gasteiger partial charge in [-0.25, -0.2) is 0 Å². The summed E-state index contributed by atoms with van der Waals surface area (Å²) in [6.45, 7) is 9.02. The van der Waals surface area contributed by atoms with Gasteiger partial charge >= 0.3 is 0 Å². The summed E-state index contributed by atoms with van der Waals surface area (Å²) in [5, 5.41) is 1.32. The summed E-state index contributed by atoms with van der Waals surface area (Å²) >= 11 is 0. The first kappa shape index (κ1) is 16.8. The van der Waals surface area contributed by atoms with Crippen LogP contribution in [0.4, 0.5) is 5.82 Å². The van der Waals surface area contributed by atoms with Crippen LogP contribution in [-0.2, 0) is 0 Å². The van der Waals surface area contributed by atoms with E-state index >= 15 is 0 Å². The van der Waals surface area contributed by atoms with Crippen LogP contribution in [0.25, 0.3) is 16.6 Å². The van der Waals surface area contributed by atoms with E-state index in [4.69, 9.17) is 0 Å². The van der Waals surface area contributed by atoms with E-state index in [2.05, 4.69) is 110 Å². The van der Waals surface area contributed by atoms with E-state index in [-0.39, 0.29) is 0 Å². The summed E-state index contributed by atoms with van der Waals surface area (Å²) in [7, 11) is 2.13. The van der Waals surface area contributed by atoms with Crippen molar-refractivity contribution < 1.29 is 0 Å². The summed E-state index contributed by atoms with van der Waals surface area (Å²) in [6, 6.07) is 17.5. The van der Waals surface area contributed by atoms with Crippen LogP contribution in [0.5, 0.6) is 0 Å². The molecular formula is C23H27N3. The van der Waals surface area contributed by atoms with Gasteiger partial charge in [-0.15, -0.1) is 0 Å². The van der Waals surface area contributed by atoms with Crippen LogP contribution in [0.2, 0.25) is 0 Å². The first-order valence-corrected chi connectivity index (χ1v) is 9.38. The molecule has 0 radical (unpaired) electrons. The number of aromatic nitrogens is 1. The van der Waals surface area contributed by atoms with Gasteiger partial charge in [-0.05, 0) is 43.0 Å². The van der Waals surface area contributed by atoms with Crippen molar-refractivity contribution in [3.05, 3.63) is 72.1 Å². The first-order valence-electron chi connectivity index (χ1n) is 9.38. The van der Waals surface area contributed by atoms with Crippen molar-refractivity contribution >= 4 is 16.7 Å². The second kappa shape index (κ2) is 6.24. The molecule has 0 aliphatic carbocycles. The maximum absolute atomic E-state index is 2.44. The van der Waals surface area contributed by atoms with Gasteiger partial charge in [0.15, 0.2) is 0 Å². The van der Waals surface area contributed by atoms with Crippen LogP contribution in [-0.4, -0.2) is 22.7 Å². The molecular weight excluding hydrogens is 318 g/mol. The Morgan fingerprint density at radius 1 is 0.923 bits per heavy atom. The Morgan fingerprint density at radius 3 is 2.31 bits per heavy atom. The van der Waals surface area contributed by atoms with E-state index in [1.54, 1.807) is 0 Å². The van der Waals surface area contributed by atoms with Crippen LogP contribution in [0.15, 0.2) is 60.9 Å². The summed E-state index contributed by atoms with van der Waals surface area (Å²) in [4.78, 5) is 4.63. The fourth-order valence-electron chi connectivity index (χ4n) is 3.99. The number of aryl methyl sites for hydroxylation is 1. The molecule has 3 nitrogen and oxygen atoms in total. The fourth-order valence-corrected chi connectivity index (χ4v) is 3.99. The van der Waals surface area contributed by atoms with Gasteiger partial charge in [0, 0.05) is 24.8 Å². The third kappa shape index (κ3) is 2.42. The Bertz CT molecular complexity index is 980. The van der Waals surface area contributed by atoms with Crippen LogP contribution >= 0.6 is 0 Å². The van der Waals surface area contributed by atoms with Crippen molar-refractivity contribution in [1.82, 2.24) is 9.47 Å². The maximum Gasteiger partial charge on any atom is 0.123 e. The largest absolute Gasteiger partial charge is 0.359 e. The quantitative estimate of drug-likeness (QED) is 0.609. The van der Waals surface area contributed by atoms with Crippen LogP contribution < -0.4 is 4.90 Å². The molecule has 1 aliphatic rings. The summed E-state index contributed by atoms with van der Waals surface area (Å²) < 4.78 is 2.44. The number of nitrogens with zero attached hydrogens (tertiary/aromatic N) is 3. The molecule has 2 aromatic carbocycles. The number of para-hydroxylation sites is 2. The number of anilines is 1. The summed E-state index contributed by atoms with van der Waals surface area (Å²) in [5.41, 5.74) is 5.24. The Morgan fingerprint density at radius 2 is 1.62 bits per heavy atom. The molecule has 1 aliphatic heterocycles. The molecule has 0 N–H and O–H groups in total. The zero-order valence-corrected chi connectivity index (χ0v) is 16.3. The van der Waals surface area contributed by atoms with E-state index in [9.17, 15) is 0 Å². The molecule has 134 valence electrons. The average Bonchev–Trinajstić information content (AvgIpc) is 3.12. The maximum atomic E-state index is 2.44. The van der Waals surface area contributed by atoms with Gasteiger partial charge in [-0.1, -0.05) is 50.2 Å². The highest BCUT2D eigenvalue weighted by Gasteiger charge is 2.27. The normalized spacial score (nSPS) is 17.1. The molecule has 1 aromatic heterocycles.